The minimum absolute atomic E-state index is 0.0179. The summed E-state index contributed by atoms with van der Waals surface area (Å²) in [5.41, 5.74) is -1.72. The first-order valence-electron chi connectivity index (χ1n) is 6.75. The zero-order valence-corrected chi connectivity index (χ0v) is 13.6. The number of aromatic nitrogens is 2. The van der Waals surface area contributed by atoms with Gasteiger partial charge in [0.15, 0.2) is 21.5 Å². The van der Waals surface area contributed by atoms with E-state index in [-0.39, 0.29) is 23.9 Å². The van der Waals surface area contributed by atoms with Crippen LogP contribution in [0, 0.1) is 11.6 Å². The van der Waals surface area contributed by atoms with Gasteiger partial charge in [-0.3, -0.25) is 9.36 Å². The average molecular weight is 346 g/mol. The van der Waals surface area contributed by atoms with E-state index in [1.54, 1.807) is 0 Å². The standard InChI is InChI=1S/C14H16F2N2O4S/c1-14(2,23(3,21)22)4-5-18-12(19)8-6-9(15)10(16)7-11(8)17-13(18)20/h6-7H,4-5H2,1-3H3,(H,17,20). The van der Waals surface area contributed by atoms with Crippen LogP contribution in [-0.2, 0) is 16.4 Å². The van der Waals surface area contributed by atoms with E-state index in [2.05, 4.69) is 4.98 Å². The molecule has 1 heterocycles. The van der Waals surface area contributed by atoms with Crippen molar-refractivity contribution in [3.63, 3.8) is 0 Å². The molecule has 0 fully saturated rings. The number of nitrogens with zero attached hydrogens (tertiary/aromatic N) is 1. The van der Waals surface area contributed by atoms with Gasteiger partial charge < -0.3 is 4.98 Å². The van der Waals surface area contributed by atoms with E-state index in [0.29, 0.717) is 6.07 Å². The molecule has 9 heteroatoms. The SMILES string of the molecule is CC(C)(CCn1c(=O)[nH]c2cc(F)c(F)cc2c1=O)S(C)(=O)=O. The van der Waals surface area contributed by atoms with Gasteiger partial charge in [-0.2, -0.15) is 0 Å². The highest BCUT2D eigenvalue weighted by Crippen LogP contribution is 2.20. The van der Waals surface area contributed by atoms with Gasteiger partial charge in [0.1, 0.15) is 0 Å². The number of aromatic amines is 1. The lowest BCUT2D eigenvalue weighted by Crippen LogP contribution is -2.39. The second-order valence-electron chi connectivity index (χ2n) is 5.98. The molecule has 23 heavy (non-hydrogen) atoms. The smallest absolute Gasteiger partial charge is 0.307 e. The summed E-state index contributed by atoms with van der Waals surface area (Å²) < 4.78 is 49.5. The number of nitrogens with one attached hydrogen (secondary N) is 1. The summed E-state index contributed by atoms with van der Waals surface area (Å²) in [6.07, 6.45) is 1.09. The molecule has 0 spiro atoms. The van der Waals surface area contributed by atoms with Crippen molar-refractivity contribution in [1.82, 2.24) is 9.55 Å². The van der Waals surface area contributed by atoms with E-state index in [0.717, 1.165) is 16.9 Å². The molecule has 0 atom stereocenters. The van der Waals surface area contributed by atoms with Crippen molar-refractivity contribution >= 4 is 20.7 Å². The van der Waals surface area contributed by atoms with Gasteiger partial charge in [0, 0.05) is 18.9 Å². The van der Waals surface area contributed by atoms with Crippen molar-refractivity contribution in [1.29, 1.82) is 0 Å². The van der Waals surface area contributed by atoms with Crippen LogP contribution in [0.5, 0.6) is 0 Å². The summed E-state index contributed by atoms with van der Waals surface area (Å²) >= 11 is 0. The highest BCUT2D eigenvalue weighted by molar-refractivity contribution is 7.92. The third kappa shape index (κ3) is 3.19. The maximum absolute atomic E-state index is 13.3. The van der Waals surface area contributed by atoms with Crippen molar-refractivity contribution in [3.8, 4) is 0 Å². The Balaban J connectivity index is 2.53. The summed E-state index contributed by atoms with van der Waals surface area (Å²) in [5, 5.41) is -0.180. The Hall–Kier alpha value is -2.03. The second kappa shape index (κ2) is 5.55. The molecule has 0 aliphatic rings. The van der Waals surface area contributed by atoms with E-state index in [1.165, 1.54) is 13.8 Å². The summed E-state index contributed by atoms with van der Waals surface area (Å²) in [6, 6.07) is 1.44. The lowest BCUT2D eigenvalue weighted by Gasteiger charge is -2.22. The number of rotatable bonds is 4. The quantitative estimate of drug-likeness (QED) is 0.900. The summed E-state index contributed by atoms with van der Waals surface area (Å²) in [6.45, 7) is 2.80. The fourth-order valence-corrected chi connectivity index (χ4v) is 2.48. The number of benzene rings is 1. The van der Waals surface area contributed by atoms with Crippen molar-refractivity contribution in [2.24, 2.45) is 0 Å². The molecular formula is C14H16F2N2O4S. The first-order chi connectivity index (χ1) is 10.4. The normalized spacial score (nSPS) is 12.7. The topological polar surface area (TPSA) is 89.0 Å². The second-order valence-corrected chi connectivity index (χ2v) is 8.63. The van der Waals surface area contributed by atoms with Crippen LogP contribution in [-0.4, -0.2) is 29.0 Å². The average Bonchev–Trinajstić information content (AvgIpc) is 2.40. The molecule has 0 aliphatic heterocycles. The number of sulfone groups is 1. The first-order valence-corrected chi connectivity index (χ1v) is 8.65. The van der Waals surface area contributed by atoms with Gasteiger partial charge >= 0.3 is 5.69 Å². The Morgan fingerprint density at radius 1 is 1.17 bits per heavy atom. The third-order valence-corrected chi connectivity index (χ3v) is 6.18. The van der Waals surface area contributed by atoms with E-state index in [1.807, 2.05) is 0 Å². The predicted molar refractivity (Wildman–Crippen MR) is 82.3 cm³/mol. The Bertz CT molecular complexity index is 990. The molecule has 2 rings (SSSR count). The Labute approximate surface area is 130 Å². The summed E-state index contributed by atoms with van der Waals surface area (Å²) in [5.74, 6) is -2.38. The minimum atomic E-state index is -3.39. The molecule has 0 aliphatic carbocycles. The van der Waals surface area contributed by atoms with E-state index < -0.39 is 37.5 Å². The van der Waals surface area contributed by atoms with E-state index in [4.69, 9.17) is 0 Å². The minimum Gasteiger partial charge on any atom is -0.307 e. The number of hydrogen-bond acceptors (Lipinski definition) is 4. The van der Waals surface area contributed by atoms with Gasteiger partial charge in [0.05, 0.1) is 15.6 Å². The molecule has 0 saturated carbocycles. The first kappa shape index (κ1) is 17.3. The van der Waals surface area contributed by atoms with Crippen LogP contribution < -0.4 is 11.2 Å². The molecule has 1 aromatic heterocycles. The van der Waals surface area contributed by atoms with Gasteiger partial charge in [0.25, 0.3) is 5.56 Å². The van der Waals surface area contributed by atoms with Crippen molar-refractivity contribution in [2.75, 3.05) is 6.26 Å². The highest BCUT2D eigenvalue weighted by Gasteiger charge is 2.30. The van der Waals surface area contributed by atoms with Crippen LogP contribution in [0.25, 0.3) is 10.9 Å². The molecule has 126 valence electrons. The van der Waals surface area contributed by atoms with Crippen LogP contribution in [0.2, 0.25) is 0 Å². The Morgan fingerprint density at radius 3 is 2.30 bits per heavy atom. The number of halogens is 2. The summed E-state index contributed by atoms with van der Waals surface area (Å²) in [7, 11) is -3.39. The molecule has 2 aromatic rings. The van der Waals surface area contributed by atoms with Crippen molar-refractivity contribution in [3.05, 3.63) is 44.6 Å². The molecule has 0 bridgehead atoms. The van der Waals surface area contributed by atoms with Gasteiger partial charge in [-0.05, 0) is 26.3 Å². The largest absolute Gasteiger partial charge is 0.328 e. The maximum atomic E-state index is 13.3. The molecule has 0 unspecified atom stereocenters. The van der Waals surface area contributed by atoms with Crippen LogP contribution in [0.15, 0.2) is 21.7 Å². The lowest BCUT2D eigenvalue weighted by molar-refractivity contribution is 0.487. The fourth-order valence-electron chi connectivity index (χ4n) is 2.02. The van der Waals surface area contributed by atoms with Crippen LogP contribution >= 0.6 is 0 Å². The number of fused-ring (bicyclic) bond motifs is 1. The van der Waals surface area contributed by atoms with Crippen LogP contribution in [0.1, 0.15) is 20.3 Å². The maximum Gasteiger partial charge on any atom is 0.328 e. The van der Waals surface area contributed by atoms with E-state index in [9.17, 15) is 26.8 Å². The molecule has 1 N–H and O–H groups in total. The summed E-state index contributed by atoms with van der Waals surface area (Å²) in [4.78, 5) is 26.5. The highest BCUT2D eigenvalue weighted by atomic mass is 32.2. The van der Waals surface area contributed by atoms with Gasteiger partial charge in [-0.1, -0.05) is 0 Å². The monoisotopic (exact) mass is 346 g/mol. The number of H-pyrrole nitrogens is 1. The zero-order chi connectivity index (χ0) is 17.6. The van der Waals surface area contributed by atoms with Crippen LogP contribution in [0.3, 0.4) is 0 Å². The van der Waals surface area contributed by atoms with Crippen molar-refractivity contribution in [2.45, 2.75) is 31.6 Å². The Kier molecular flexibility index (Phi) is 4.18. The molecule has 6 nitrogen and oxygen atoms in total. The van der Waals surface area contributed by atoms with Crippen molar-refractivity contribution < 1.29 is 17.2 Å². The zero-order valence-electron chi connectivity index (χ0n) is 12.8. The molecular weight excluding hydrogens is 330 g/mol. The molecule has 1 aromatic carbocycles. The lowest BCUT2D eigenvalue weighted by atomic mass is 10.1. The third-order valence-electron chi connectivity index (χ3n) is 3.96. The van der Waals surface area contributed by atoms with Gasteiger partial charge in [-0.25, -0.2) is 22.0 Å². The molecule has 0 amide bonds. The number of hydrogen-bond donors (Lipinski definition) is 1. The van der Waals surface area contributed by atoms with E-state index >= 15 is 0 Å². The Morgan fingerprint density at radius 2 is 1.74 bits per heavy atom. The predicted octanol–water partition coefficient (Wildman–Crippen LogP) is 1.18. The fraction of sp³-hybridized carbons (Fsp3) is 0.429. The van der Waals surface area contributed by atoms with Gasteiger partial charge in [-0.15, -0.1) is 0 Å². The molecule has 0 radical (unpaired) electrons. The van der Waals surface area contributed by atoms with Crippen LogP contribution in [0.4, 0.5) is 8.78 Å². The molecule has 0 saturated heterocycles. The van der Waals surface area contributed by atoms with Gasteiger partial charge in [0.2, 0.25) is 0 Å².